The minimum Gasteiger partial charge on any atom is -0.406 e. The van der Waals surface area contributed by atoms with Gasteiger partial charge in [-0.25, -0.2) is 0 Å². The summed E-state index contributed by atoms with van der Waals surface area (Å²) in [7, 11) is -1.77. The van der Waals surface area contributed by atoms with Gasteiger partial charge in [-0.05, 0) is 32.0 Å². The van der Waals surface area contributed by atoms with E-state index in [4.69, 9.17) is 4.43 Å². The van der Waals surface area contributed by atoms with E-state index in [-0.39, 0.29) is 6.10 Å². The summed E-state index contributed by atoms with van der Waals surface area (Å²) < 4.78 is 6.24. The van der Waals surface area contributed by atoms with Gasteiger partial charge in [0.15, 0.2) is 0 Å². The van der Waals surface area contributed by atoms with Crippen molar-refractivity contribution >= 4 is 8.32 Å². The van der Waals surface area contributed by atoms with Crippen molar-refractivity contribution in [3.8, 4) is 0 Å². The van der Waals surface area contributed by atoms with E-state index >= 15 is 0 Å². The Labute approximate surface area is 106 Å². The van der Waals surface area contributed by atoms with E-state index in [2.05, 4.69) is 38.4 Å². The molecule has 0 aliphatic heterocycles. The molecule has 1 aromatic carbocycles. The molecule has 1 rings (SSSR count). The fourth-order valence-electron chi connectivity index (χ4n) is 1.63. The van der Waals surface area contributed by atoms with E-state index in [1.807, 2.05) is 30.8 Å². The minimum atomic E-state index is -1.77. The average molecular weight is 246 g/mol. The Kier molecular flexibility index (Phi) is 4.91. The molecule has 0 fully saturated rings. The van der Waals surface area contributed by atoms with Gasteiger partial charge in [0.1, 0.15) is 0 Å². The Morgan fingerprint density at radius 1 is 1.35 bits per heavy atom. The molecule has 2 heteroatoms. The second kappa shape index (κ2) is 5.99. The first-order chi connectivity index (χ1) is 7.94. The molecule has 0 bridgehead atoms. The summed E-state index contributed by atoms with van der Waals surface area (Å²) in [6.45, 7) is 14.2. The molecule has 17 heavy (non-hydrogen) atoms. The lowest BCUT2D eigenvalue weighted by Gasteiger charge is -2.27. The molecular weight excluding hydrogens is 224 g/mol. The summed E-state index contributed by atoms with van der Waals surface area (Å²) in [6.07, 6.45) is 0.974. The molecule has 0 radical (unpaired) electrons. The third-order valence-corrected chi connectivity index (χ3v) is 4.52. The molecule has 0 saturated carbocycles. The van der Waals surface area contributed by atoms with Crippen LogP contribution in [0.5, 0.6) is 0 Å². The number of benzene rings is 1. The van der Waals surface area contributed by atoms with Crippen LogP contribution in [0.15, 0.2) is 54.8 Å². The first-order valence-corrected chi connectivity index (χ1v) is 8.94. The van der Waals surface area contributed by atoms with Gasteiger partial charge in [0, 0.05) is 0 Å². The molecule has 1 aromatic rings. The third kappa shape index (κ3) is 4.71. The SMILES string of the molecule is C=C[Si](C)(C)OC(CC(=C)C)c1ccccc1. The van der Waals surface area contributed by atoms with Crippen molar-refractivity contribution in [1.29, 1.82) is 0 Å². The fraction of sp³-hybridized carbons (Fsp3) is 0.333. The van der Waals surface area contributed by atoms with Crippen molar-refractivity contribution in [3.05, 3.63) is 60.3 Å². The maximum atomic E-state index is 6.24. The van der Waals surface area contributed by atoms with Crippen LogP contribution in [0.25, 0.3) is 0 Å². The van der Waals surface area contributed by atoms with Crippen molar-refractivity contribution in [3.63, 3.8) is 0 Å². The second-order valence-corrected chi connectivity index (χ2v) is 8.84. The number of hydrogen-bond donors (Lipinski definition) is 0. The standard InChI is InChI=1S/C15H22OSi/c1-6-17(4,5)16-15(12-13(2)3)14-10-8-7-9-11-14/h6-11,15H,1-2,12H2,3-5H3. The molecule has 1 atom stereocenters. The monoisotopic (exact) mass is 246 g/mol. The van der Waals surface area contributed by atoms with Gasteiger partial charge >= 0.3 is 0 Å². The summed E-state index contributed by atoms with van der Waals surface area (Å²) in [6, 6.07) is 10.3. The first kappa shape index (κ1) is 13.9. The average Bonchev–Trinajstić information content (AvgIpc) is 2.28. The van der Waals surface area contributed by atoms with Crippen LogP contribution in [-0.4, -0.2) is 8.32 Å². The Morgan fingerprint density at radius 2 is 1.94 bits per heavy atom. The van der Waals surface area contributed by atoms with Crippen LogP contribution in [-0.2, 0) is 4.43 Å². The van der Waals surface area contributed by atoms with E-state index < -0.39 is 8.32 Å². The quantitative estimate of drug-likeness (QED) is 0.525. The van der Waals surface area contributed by atoms with Crippen LogP contribution in [0.1, 0.15) is 25.0 Å². The molecular formula is C15H22OSi. The zero-order valence-electron chi connectivity index (χ0n) is 11.1. The van der Waals surface area contributed by atoms with Gasteiger partial charge < -0.3 is 4.43 Å². The highest BCUT2D eigenvalue weighted by Crippen LogP contribution is 2.28. The van der Waals surface area contributed by atoms with Crippen LogP contribution in [0.4, 0.5) is 0 Å². The molecule has 0 spiro atoms. The van der Waals surface area contributed by atoms with Crippen LogP contribution < -0.4 is 0 Å². The zero-order chi connectivity index (χ0) is 12.9. The zero-order valence-corrected chi connectivity index (χ0v) is 12.1. The molecule has 0 aliphatic carbocycles. The summed E-state index contributed by atoms with van der Waals surface area (Å²) in [5, 5.41) is 0. The second-order valence-electron chi connectivity index (χ2n) is 4.99. The Hall–Kier alpha value is -1.12. The molecule has 92 valence electrons. The molecule has 0 aliphatic rings. The highest BCUT2D eigenvalue weighted by Gasteiger charge is 2.24. The summed E-state index contributed by atoms with van der Waals surface area (Å²) in [4.78, 5) is 0. The maximum Gasteiger partial charge on any atom is 0.211 e. The first-order valence-electron chi connectivity index (χ1n) is 5.95. The highest BCUT2D eigenvalue weighted by molar-refractivity contribution is 6.76. The van der Waals surface area contributed by atoms with Gasteiger partial charge in [-0.15, -0.1) is 13.2 Å². The van der Waals surface area contributed by atoms with E-state index in [1.54, 1.807) is 0 Å². The molecule has 1 nitrogen and oxygen atoms in total. The predicted octanol–water partition coefficient (Wildman–Crippen LogP) is 4.64. The van der Waals surface area contributed by atoms with Crippen LogP contribution >= 0.6 is 0 Å². The van der Waals surface area contributed by atoms with Gasteiger partial charge in [-0.2, -0.15) is 0 Å². The van der Waals surface area contributed by atoms with Gasteiger partial charge in [-0.1, -0.05) is 41.6 Å². The maximum absolute atomic E-state index is 6.24. The van der Waals surface area contributed by atoms with E-state index in [1.165, 1.54) is 5.56 Å². The van der Waals surface area contributed by atoms with Crippen LogP contribution in [0.2, 0.25) is 13.1 Å². The van der Waals surface area contributed by atoms with Crippen LogP contribution in [0, 0.1) is 0 Å². The van der Waals surface area contributed by atoms with Crippen molar-refractivity contribution in [2.45, 2.75) is 32.5 Å². The fourth-order valence-corrected chi connectivity index (χ4v) is 2.68. The van der Waals surface area contributed by atoms with Crippen molar-refractivity contribution < 1.29 is 4.43 Å². The normalized spacial score (nSPS) is 13.1. The van der Waals surface area contributed by atoms with Gasteiger partial charge in [0.25, 0.3) is 0 Å². The minimum absolute atomic E-state index is 0.105. The predicted molar refractivity (Wildman–Crippen MR) is 77.4 cm³/mol. The van der Waals surface area contributed by atoms with E-state index in [0.717, 1.165) is 12.0 Å². The summed E-state index contributed by atoms with van der Waals surface area (Å²) in [5.74, 6) is 0. The van der Waals surface area contributed by atoms with Gasteiger partial charge in [0.2, 0.25) is 8.32 Å². The lowest BCUT2D eigenvalue weighted by molar-refractivity contribution is 0.201. The summed E-state index contributed by atoms with van der Waals surface area (Å²) >= 11 is 0. The Morgan fingerprint density at radius 3 is 2.41 bits per heavy atom. The number of rotatable bonds is 6. The highest BCUT2D eigenvalue weighted by atomic mass is 28.4. The summed E-state index contributed by atoms with van der Waals surface area (Å²) in [5.41, 5.74) is 4.34. The molecule has 0 heterocycles. The number of hydrogen-bond acceptors (Lipinski definition) is 1. The third-order valence-electron chi connectivity index (χ3n) is 2.64. The van der Waals surface area contributed by atoms with Crippen molar-refractivity contribution in [2.75, 3.05) is 0 Å². The smallest absolute Gasteiger partial charge is 0.211 e. The lowest BCUT2D eigenvalue weighted by atomic mass is 10.0. The van der Waals surface area contributed by atoms with Gasteiger partial charge in [0.05, 0.1) is 6.10 Å². The molecule has 0 saturated heterocycles. The van der Waals surface area contributed by atoms with Gasteiger partial charge in [-0.3, -0.25) is 0 Å². The molecule has 0 amide bonds. The Balaban J connectivity index is 2.89. The van der Waals surface area contributed by atoms with Crippen molar-refractivity contribution in [2.24, 2.45) is 0 Å². The van der Waals surface area contributed by atoms with E-state index in [0.29, 0.717) is 0 Å². The topological polar surface area (TPSA) is 9.23 Å². The molecule has 0 aromatic heterocycles. The lowest BCUT2D eigenvalue weighted by Crippen LogP contribution is -2.30. The largest absolute Gasteiger partial charge is 0.406 e. The Bertz CT molecular complexity index is 381. The van der Waals surface area contributed by atoms with Crippen LogP contribution in [0.3, 0.4) is 0 Å². The van der Waals surface area contributed by atoms with E-state index in [9.17, 15) is 0 Å². The van der Waals surface area contributed by atoms with Crippen molar-refractivity contribution in [1.82, 2.24) is 0 Å². The molecule has 1 unspecified atom stereocenters. The molecule has 0 N–H and O–H groups in total.